The molecule has 112 valence electrons. The number of nitrogens with one attached hydrogen (secondary N) is 1. The third-order valence-electron chi connectivity index (χ3n) is 3.12. The van der Waals surface area contributed by atoms with Gasteiger partial charge in [-0.15, -0.1) is 0 Å². The topological polar surface area (TPSA) is 86.6 Å². The minimum absolute atomic E-state index is 0.0568. The molecule has 1 unspecified atom stereocenters. The second-order valence-electron chi connectivity index (χ2n) is 4.91. The first-order valence-electron chi connectivity index (χ1n) is 6.36. The third kappa shape index (κ3) is 3.66. The van der Waals surface area contributed by atoms with Crippen LogP contribution >= 0.6 is 0 Å². The zero-order valence-corrected chi connectivity index (χ0v) is 12.6. The Morgan fingerprint density at radius 3 is 2.48 bits per heavy atom. The van der Waals surface area contributed by atoms with Crippen LogP contribution in [-0.4, -0.2) is 24.9 Å². The molecule has 0 aliphatic heterocycles. The fraction of sp³-hybridized carbons (Fsp3) is 0.200. The Labute approximate surface area is 123 Å². The van der Waals surface area contributed by atoms with E-state index in [9.17, 15) is 18.6 Å². The Balaban J connectivity index is 2.28. The van der Waals surface area contributed by atoms with Crippen LogP contribution in [0.3, 0.4) is 0 Å². The summed E-state index contributed by atoms with van der Waals surface area (Å²) in [7, 11) is -3.27. The second-order valence-corrected chi connectivity index (χ2v) is 6.92. The lowest BCUT2D eigenvalue weighted by molar-refractivity contribution is 0.451. The van der Waals surface area contributed by atoms with Crippen LogP contribution in [0.4, 0.5) is 5.69 Å². The van der Waals surface area contributed by atoms with Crippen LogP contribution < -0.4 is 5.32 Å². The zero-order chi connectivity index (χ0) is 15.6. The van der Waals surface area contributed by atoms with Gasteiger partial charge < -0.3 is 15.5 Å². The van der Waals surface area contributed by atoms with Gasteiger partial charge in [-0.1, -0.05) is 6.07 Å². The molecule has 2 rings (SSSR count). The predicted octanol–water partition coefficient (Wildman–Crippen LogP) is 2.67. The molecular formula is C15H17NO4S. The van der Waals surface area contributed by atoms with Crippen molar-refractivity contribution in [1.82, 2.24) is 0 Å². The number of sulfone groups is 1. The van der Waals surface area contributed by atoms with E-state index < -0.39 is 9.84 Å². The number of benzene rings is 2. The van der Waals surface area contributed by atoms with Crippen molar-refractivity contribution in [3.05, 3.63) is 48.0 Å². The van der Waals surface area contributed by atoms with Gasteiger partial charge in [0, 0.05) is 17.5 Å². The molecule has 0 spiro atoms. The van der Waals surface area contributed by atoms with Crippen molar-refractivity contribution < 1.29 is 18.6 Å². The Kier molecular flexibility index (Phi) is 4.09. The molecule has 3 N–H and O–H groups in total. The van der Waals surface area contributed by atoms with Gasteiger partial charge in [-0.3, -0.25) is 0 Å². The Morgan fingerprint density at radius 1 is 1.10 bits per heavy atom. The summed E-state index contributed by atoms with van der Waals surface area (Å²) >= 11 is 0. The molecule has 0 aliphatic carbocycles. The van der Waals surface area contributed by atoms with E-state index in [0.29, 0.717) is 11.3 Å². The first-order chi connectivity index (χ1) is 9.77. The van der Waals surface area contributed by atoms with E-state index in [-0.39, 0.29) is 22.4 Å². The van der Waals surface area contributed by atoms with Gasteiger partial charge in [-0.25, -0.2) is 8.42 Å². The van der Waals surface area contributed by atoms with E-state index in [1.807, 2.05) is 6.92 Å². The van der Waals surface area contributed by atoms with Crippen LogP contribution in [0.25, 0.3) is 0 Å². The van der Waals surface area contributed by atoms with Gasteiger partial charge in [0.05, 0.1) is 10.9 Å². The molecule has 0 saturated carbocycles. The van der Waals surface area contributed by atoms with Crippen LogP contribution in [0.1, 0.15) is 18.5 Å². The maximum absolute atomic E-state index is 11.5. The Morgan fingerprint density at radius 2 is 1.81 bits per heavy atom. The van der Waals surface area contributed by atoms with Gasteiger partial charge in [0.2, 0.25) is 0 Å². The molecule has 2 aromatic rings. The standard InChI is InChI=1S/C15H17NO4S/c1-10(14-9-12(17)6-7-15(14)18)16-11-4-3-5-13(8-11)21(2,19)20/h3-10,16-18H,1-2H3. The summed E-state index contributed by atoms with van der Waals surface area (Å²) in [6.45, 7) is 1.81. The molecule has 0 fully saturated rings. The van der Waals surface area contributed by atoms with E-state index in [4.69, 9.17) is 0 Å². The van der Waals surface area contributed by atoms with Crippen molar-refractivity contribution in [1.29, 1.82) is 0 Å². The number of phenols is 2. The lowest BCUT2D eigenvalue weighted by Crippen LogP contribution is -2.07. The van der Waals surface area contributed by atoms with Crippen molar-refractivity contribution in [2.75, 3.05) is 11.6 Å². The molecule has 6 heteroatoms. The normalized spacial score (nSPS) is 12.9. The van der Waals surface area contributed by atoms with Crippen molar-refractivity contribution in [3.8, 4) is 11.5 Å². The average molecular weight is 307 g/mol. The van der Waals surface area contributed by atoms with E-state index in [2.05, 4.69) is 5.32 Å². The molecule has 0 radical (unpaired) electrons. The highest BCUT2D eigenvalue weighted by molar-refractivity contribution is 7.90. The first-order valence-corrected chi connectivity index (χ1v) is 8.25. The van der Waals surface area contributed by atoms with Crippen LogP contribution in [-0.2, 0) is 9.84 Å². The molecule has 1 atom stereocenters. The number of phenolic OH excluding ortho intramolecular Hbond substituents is 2. The number of rotatable bonds is 4. The zero-order valence-electron chi connectivity index (χ0n) is 11.7. The summed E-state index contributed by atoms with van der Waals surface area (Å²) in [5, 5.41) is 22.4. The summed E-state index contributed by atoms with van der Waals surface area (Å²) in [5.41, 5.74) is 1.15. The molecule has 0 bridgehead atoms. The molecule has 0 heterocycles. The van der Waals surface area contributed by atoms with Crippen molar-refractivity contribution in [2.45, 2.75) is 17.9 Å². The molecule has 0 aliphatic rings. The lowest BCUT2D eigenvalue weighted by Gasteiger charge is -2.17. The number of aromatic hydroxyl groups is 2. The highest BCUT2D eigenvalue weighted by atomic mass is 32.2. The van der Waals surface area contributed by atoms with E-state index >= 15 is 0 Å². The van der Waals surface area contributed by atoms with Gasteiger partial charge in [0.1, 0.15) is 11.5 Å². The SMILES string of the molecule is CC(Nc1cccc(S(C)(=O)=O)c1)c1cc(O)ccc1O. The van der Waals surface area contributed by atoms with Crippen LogP contribution in [0.5, 0.6) is 11.5 Å². The third-order valence-corrected chi connectivity index (χ3v) is 4.23. The molecule has 0 amide bonds. The average Bonchev–Trinajstić information content (AvgIpc) is 2.41. The summed E-state index contributed by atoms with van der Waals surface area (Å²) in [6, 6.07) is 10.4. The Hall–Kier alpha value is -2.21. The van der Waals surface area contributed by atoms with Gasteiger partial charge in [0.25, 0.3) is 0 Å². The smallest absolute Gasteiger partial charge is 0.175 e. The summed E-state index contributed by atoms with van der Waals surface area (Å²) in [5.74, 6) is 0.119. The fourth-order valence-corrected chi connectivity index (χ4v) is 2.70. The van der Waals surface area contributed by atoms with Crippen molar-refractivity contribution >= 4 is 15.5 Å². The van der Waals surface area contributed by atoms with Crippen LogP contribution in [0.15, 0.2) is 47.4 Å². The van der Waals surface area contributed by atoms with Gasteiger partial charge >= 0.3 is 0 Å². The molecule has 0 aromatic heterocycles. The number of hydrogen-bond acceptors (Lipinski definition) is 5. The van der Waals surface area contributed by atoms with E-state index in [1.54, 1.807) is 12.1 Å². The summed E-state index contributed by atoms with van der Waals surface area (Å²) in [6.07, 6.45) is 1.15. The minimum atomic E-state index is -3.27. The largest absolute Gasteiger partial charge is 0.508 e. The molecule has 0 saturated heterocycles. The highest BCUT2D eigenvalue weighted by Crippen LogP contribution is 2.30. The summed E-state index contributed by atoms with van der Waals surface area (Å²) in [4.78, 5) is 0.222. The maximum atomic E-state index is 11.5. The van der Waals surface area contributed by atoms with Gasteiger partial charge in [-0.2, -0.15) is 0 Å². The second kappa shape index (κ2) is 5.65. The lowest BCUT2D eigenvalue weighted by atomic mass is 10.1. The highest BCUT2D eigenvalue weighted by Gasteiger charge is 2.13. The monoisotopic (exact) mass is 307 g/mol. The molecular weight excluding hydrogens is 290 g/mol. The van der Waals surface area contributed by atoms with E-state index in [0.717, 1.165) is 6.26 Å². The first kappa shape index (κ1) is 15.2. The quantitative estimate of drug-likeness (QED) is 0.756. The van der Waals surface area contributed by atoms with Crippen molar-refractivity contribution in [3.63, 3.8) is 0 Å². The molecule has 2 aromatic carbocycles. The van der Waals surface area contributed by atoms with Gasteiger partial charge in [-0.05, 0) is 43.3 Å². The van der Waals surface area contributed by atoms with Crippen LogP contribution in [0, 0.1) is 0 Å². The maximum Gasteiger partial charge on any atom is 0.175 e. The fourth-order valence-electron chi connectivity index (χ4n) is 2.03. The molecule has 5 nitrogen and oxygen atoms in total. The van der Waals surface area contributed by atoms with Gasteiger partial charge in [0.15, 0.2) is 9.84 Å². The minimum Gasteiger partial charge on any atom is -0.508 e. The predicted molar refractivity (Wildman–Crippen MR) is 81.4 cm³/mol. The Bertz CT molecular complexity index is 756. The summed E-state index contributed by atoms with van der Waals surface area (Å²) < 4.78 is 23.1. The number of anilines is 1. The number of hydrogen-bond donors (Lipinski definition) is 3. The van der Waals surface area contributed by atoms with Crippen LogP contribution in [0.2, 0.25) is 0 Å². The van der Waals surface area contributed by atoms with Crippen molar-refractivity contribution in [2.24, 2.45) is 0 Å². The van der Waals surface area contributed by atoms with E-state index in [1.165, 1.54) is 30.3 Å². The molecule has 21 heavy (non-hydrogen) atoms.